The molecule has 0 N–H and O–H groups in total. The molecule has 4 rings (SSSR count). The number of halogens is 4. The number of carbonyl (C=O) groups excluding carboxylic acids is 1. The van der Waals surface area contributed by atoms with Crippen LogP contribution in [-0.4, -0.2) is 16.9 Å². The van der Waals surface area contributed by atoms with Gasteiger partial charge in [0.05, 0.1) is 5.52 Å². The van der Waals surface area contributed by atoms with Crippen molar-refractivity contribution >= 4 is 38.2 Å². The number of aromatic nitrogens is 1. The van der Waals surface area contributed by atoms with Crippen LogP contribution in [0.3, 0.4) is 0 Å². The van der Waals surface area contributed by atoms with Gasteiger partial charge in [-0.1, -0.05) is 46.3 Å². The van der Waals surface area contributed by atoms with E-state index >= 15 is 0 Å². The van der Waals surface area contributed by atoms with Crippen molar-refractivity contribution in [1.82, 2.24) is 4.98 Å². The Morgan fingerprint density at radius 3 is 2.40 bits per heavy atom. The Bertz CT molecular complexity index is 1060. The molecule has 0 fully saturated rings. The summed E-state index contributed by atoms with van der Waals surface area (Å²) in [5, 5.41) is 0.512. The maximum absolute atomic E-state index is 13.7. The van der Waals surface area contributed by atoms with Crippen LogP contribution in [0.4, 0.5) is 13.2 Å². The number of rotatable bonds is 1. The number of benzene rings is 2. The zero-order valence-corrected chi connectivity index (χ0v) is 14.1. The molecule has 2 nitrogen and oxygen atoms in total. The summed E-state index contributed by atoms with van der Waals surface area (Å²) in [6, 6.07) is 13.3. The van der Waals surface area contributed by atoms with Gasteiger partial charge >= 0.3 is 6.18 Å². The van der Waals surface area contributed by atoms with Gasteiger partial charge in [-0.05, 0) is 23.8 Å². The molecule has 3 aromatic rings. The molecule has 0 unspecified atom stereocenters. The molecular formula is C19H9BrF3NO. The number of hydrogen-bond donors (Lipinski definition) is 0. The minimum Gasteiger partial charge on any atom is -0.289 e. The fourth-order valence-electron chi connectivity index (χ4n) is 3.14. The van der Waals surface area contributed by atoms with E-state index in [9.17, 15) is 18.0 Å². The first-order valence-electron chi connectivity index (χ1n) is 7.38. The lowest BCUT2D eigenvalue weighted by molar-refractivity contribution is -0.0878. The van der Waals surface area contributed by atoms with Crippen molar-refractivity contribution in [2.24, 2.45) is 0 Å². The Morgan fingerprint density at radius 2 is 1.72 bits per heavy atom. The molecular weight excluding hydrogens is 395 g/mol. The van der Waals surface area contributed by atoms with Crippen molar-refractivity contribution in [2.75, 3.05) is 0 Å². The third-order valence-corrected chi connectivity index (χ3v) is 4.64. The summed E-state index contributed by atoms with van der Waals surface area (Å²) in [6.45, 7) is 0. The second-order valence-corrected chi connectivity index (χ2v) is 6.57. The molecule has 1 aromatic heterocycles. The first-order valence-corrected chi connectivity index (χ1v) is 8.17. The van der Waals surface area contributed by atoms with E-state index in [1.54, 1.807) is 48.5 Å². The number of Topliss-reactive ketones (excluding diaryl/α,β-unsaturated/α-hetero) is 1. The highest BCUT2D eigenvalue weighted by molar-refractivity contribution is 9.10. The van der Waals surface area contributed by atoms with E-state index in [4.69, 9.17) is 0 Å². The van der Waals surface area contributed by atoms with Crippen LogP contribution in [0.15, 0.2) is 64.8 Å². The van der Waals surface area contributed by atoms with Gasteiger partial charge < -0.3 is 0 Å². The molecule has 6 heteroatoms. The van der Waals surface area contributed by atoms with Crippen molar-refractivity contribution in [3.8, 4) is 0 Å². The van der Waals surface area contributed by atoms with Crippen LogP contribution >= 0.6 is 15.9 Å². The largest absolute Gasteiger partial charge is 0.420 e. The Hall–Kier alpha value is -2.47. The molecule has 0 saturated carbocycles. The van der Waals surface area contributed by atoms with Crippen molar-refractivity contribution in [2.45, 2.75) is 6.18 Å². The summed E-state index contributed by atoms with van der Waals surface area (Å²) < 4.78 is 41.8. The summed E-state index contributed by atoms with van der Waals surface area (Å²) in [6.07, 6.45) is -3.52. The van der Waals surface area contributed by atoms with E-state index in [0.717, 1.165) is 0 Å². The molecule has 0 radical (unpaired) electrons. The van der Waals surface area contributed by atoms with E-state index in [0.29, 0.717) is 20.9 Å². The van der Waals surface area contributed by atoms with Crippen LogP contribution in [0.2, 0.25) is 0 Å². The average molecular weight is 404 g/mol. The van der Waals surface area contributed by atoms with E-state index in [2.05, 4.69) is 20.9 Å². The van der Waals surface area contributed by atoms with Crippen molar-refractivity contribution < 1.29 is 18.0 Å². The maximum atomic E-state index is 13.7. The smallest absolute Gasteiger partial charge is 0.289 e. The highest BCUT2D eigenvalue weighted by atomic mass is 79.9. The van der Waals surface area contributed by atoms with Gasteiger partial charge in [0.25, 0.3) is 0 Å². The molecule has 1 aliphatic rings. The third-order valence-electron chi connectivity index (χ3n) is 4.15. The van der Waals surface area contributed by atoms with Gasteiger partial charge in [-0.2, -0.15) is 13.2 Å². The number of hydrogen-bond acceptors (Lipinski definition) is 2. The quantitative estimate of drug-likeness (QED) is 0.532. The highest BCUT2D eigenvalue weighted by Crippen LogP contribution is 2.46. The maximum Gasteiger partial charge on any atom is 0.420 e. The number of carbonyl (C=O) groups is 1. The molecule has 2 aromatic carbocycles. The van der Waals surface area contributed by atoms with E-state index in [1.165, 1.54) is 6.20 Å². The number of ketones is 1. The standard InChI is InChI=1S/C19H9BrF3NO/c20-11-6-7-14-12(8-11)16-13(9-24-14)18(25)17(19(21,22)23)15(16)10-4-2-1-3-5-10/h1-9H. The van der Waals surface area contributed by atoms with Gasteiger partial charge in [-0.15, -0.1) is 0 Å². The number of allylic oxidation sites excluding steroid dienone is 1. The molecule has 0 atom stereocenters. The zero-order valence-electron chi connectivity index (χ0n) is 12.6. The van der Waals surface area contributed by atoms with Gasteiger partial charge in [0.2, 0.25) is 5.78 Å². The number of pyridine rings is 1. The summed E-state index contributed by atoms with van der Waals surface area (Å²) in [5.74, 6) is -1.03. The molecule has 0 bridgehead atoms. The second kappa shape index (κ2) is 5.52. The minimum atomic E-state index is -4.75. The molecule has 1 heterocycles. The zero-order chi connectivity index (χ0) is 17.8. The average Bonchev–Trinajstić information content (AvgIpc) is 2.89. The first kappa shape index (κ1) is 16.0. The van der Waals surface area contributed by atoms with Crippen molar-refractivity contribution in [1.29, 1.82) is 0 Å². The topological polar surface area (TPSA) is 30.0 Å². The molecule has 0 aliphatic heterocycles. The predicted molar refractivity (Wildman–Crippen MR) is 92.3 cm³/mol. The lowest BCUT2D eigenvalue weighted by Gasteiger charge is -2.12. The first-order chi connectivity index (χ1) is 11.9. The van der Waals surface area contributed by atoms with Crippen LogP contribution in [0, 0.1) is 0 Å². The third kappa shape index (κ3) is 2.48. The summed E-state index contributed by atoms with van der Waals surface area (Å²) >= 11 is 3.34. The predicted octanol–water partition coefficient (Wildman–Crippen LogP) is 5.56. The summed E-state index contributed by atoms with van der Waals surface area (Å²) in [5.41, 5.74) is -0.0609. The normalized spacial score (nSPS) is 14.3. The number of nitrogens with zero attached hydrogens (tertiary/aromatic N) is 1. The van der Waals surface area contributed by atoms with Gasteiger partial charge in [0, 0.05) is 32.8 Å². The van der Waals surface area contributed by atoms with Gasteiger partial charge in [0.15, 0.2) is 0 Å². The Labute approximate surface area is 149 Å². The van der Waals surface area contributed by atoms with Crippen LogP contribution in [0.25, 0.3) is 16.5 Å². The van der Waals surface area contributed by atoms with Crippen LogP contribution in [-0.2, 0) is 0 Å². The molecule has 0 amide bonds. The van der Waals surface area contributed by atoms with E-state index < -0.39 is 17.5 Å². The summed E-state index contributed by atoms with van der Waals surface area (Å²) in [4.78, 5) is 16.7. The van der Waals surface area contributed by atoms with Crippen LogP contribution < -0.4 is 0 Å². The highest BCUT2D eigenvalue weighted by Gasteiger charge is 2.47. The van der Waals surface area contributed by atoms with E-state index in [-0.39, 0.29) is 16.7 Å². The lowest BCUT2D eigenvalue weighted by Crippen LogP contribution is -2.18. The molecule has 0 saturated heterocycles. The van der Waals surface area contributed by atoms with E-state index in [1.807, 2.05) is 0 Å². The second-order valence-electron chi connectivity index (χ2n) is 5.65. The lowest BCUT2D eigenvalue weighted by atomic mass is 9.94. The van der Waals surface area contributed by atoms with Gasteiger partial charge in [-0.3, -0.25) is 9.78 Å². The molecule has 25 heavy (non-hydrogen) atoms. The SMILES string of the molecule is O=C1C(C(F)(F)F)=C(c2ccccc2)c2c1cnc1ccc(Br)cc21. The van der Waals surface area contributed by atoms with Crippen LogP contribution in [0.5, 0.6) is 0 Å². The Balaban J connectivity index is 2.17. The summed E-state index contributed by atoms with van der Waals surface area (Å²) in [7, 11) is 0. The minimum absolute atomic E-state index is 0.0169. The molecule has 0 spiro atoms. The molecule has 1 aliphatic carbocycles. The number of alkyl halides is 3. The van der Waals surface area contributed by atoms with Gasteiger partial charge in [0.1, 0.15) is 5.57 Å². The van der Waals surface area contributed by atoms with Gasteiger partial charge in [-0.25, -0.2) is 0 Å². The Kier molecular flexibility index (Phi) is 3.54. The van der Waals surface area contributed by atoms with Crippen LogP contribution in [0.1, 0.15) is 21.5 Å². The monoisotopic (exact) mass is 403 g/mol. The van der Waals surface area contributed by atoms with Crippen molar-refractivity contribution in [3.63, 3.8) is 0 Å². The fraction of sp³-hybridized carbons (Fsp3) is 0.0526. The molecule has 124 valence electrons. The number of fused-ring (bicyclic) bond motifs is 3. The Morgan fingerprint density at radius 1 is 1.00 bits per heavy atom. The van der Waals surface area contributed by atoms with Crippen molar-refractivity contribution in [3.05, 3.63) is 81.5 Å². The fourth-order valence-corrected chi connectivity index (χ4v) is 3.50.